The molecule has 1 heterocycles. The van der Waals surface area contributed by atoms with Crippen molar-refractivity contribution < 1.29 is 13.2 Å². The molecule has 2 rings (SSSR count). The van der Waals surface area contributed by atoms with E-state index < -0.39 is 15.9 Å². The lowest BCUT2D eigenvalue weighted by Crippen LogP contribution is -2.11. The lowest BCUT2D eigenvalue weighted by molar-refractivity contribution is 0.0992. The summed E-state index contributed by atoms with van der Waals surface area (Å²) >= 11 is 0. The summed E-state index contributed by atoms with van der Waals surface area (Å²) in [6.45, 7) is 1.86. The normalized spacial score (nSPS) is 11.4. The van der Waals surface area contributed by atoms with Gasteiger partial charge in [0.05, 0.1) is 10.5 Å². The molecule has 0 saturated carbocycles. The lowest BCUT2D eigenvalue weighted by Gasteiger charge is -2.05. The van der Waals surface area contributed by atoms with Gasteiger partial charge in [0, 0.05) is 12.4 Å². The molecule has 1 aromatic carbocycles. The van der Waals surface area contributed by atoms with Crippen molar-refractivity contribution in [2.45, 2.75) is 11.8 Å². The number of benzene rings is 1. The Morgan fingerprint density at radius 3 is 2.28 bits per heavy atom. The molecular weight excluding hydrogens is 252 g/mol. The smallest absolute Gasteiger partial charge is 0.267 e. The van der Waals surface area contributed by atoms with Crippen molar-refractivity contribution in [2.75, 3.05) is 0 Å². The third-order valence-electron chi connectivity index (χ3n) is 2.53. The number of carbonyl (C=O) groups is 1. The Kier molecular flexibility index (Phi) is 2.96. The minimum atomic E-state index is -3.69. The van der Waals surface area contributed by atoms with E-state index in [1.54, 1.807) is 12.1 Å². The topological polar surface area (TPSA) is 79.9 Å². The number of carbonyl (C=O) groups excluding carboxylic acids is 1. The zero-order chi connectivity index (χ0) is 13.3. The number of rotatable bonds is 3. The molecule has 93 valence electrons. The second-order valence-electron chi connectivity index (χ2n) is 3.88. The van der Waals surface area contributed by atoms with Crippen LogP contribution < -0.4 is 5.73 Å². The summed E-state index contributed by atoms with van der Waals surface area (Å²) in [5.74, 6) is -0.909. The SMILES string of the molecule is Cc1ccc(S(=O)(=O)n2ccc(C([NH])=O)c2)cc1. The van der Waals surface area contributed by atoms with Crippen LogP contribution in [0.15, 0.2) is 47.6 Å². The molecule has 0 bridgehead atoms. The van der Waals surface area contributed by atoms with E-state index in [1.165, 1.54) is 24.4 Å². The Labute approximate surface area is 105 Å². The van der Waals surface area contributed by atoms with E-state index >= 15 is 0 Å². The van der Waals surface area contributed by atoms with Gasteiger partial charge in [0.1, 0.15) is 0 Å². The van der Waals surface area contributed by atoms with Gasteiger partial charge in [-0.05, 0) is 25.1 Å². The highest BCUT2D eigenvalue weighted by atomic mass is 32.2. The molecule has 0 spiro atoms. The second-order valence-corrected chi connectivity index (χ2v) is 5.72. The molecule has 1 radical (unpaired) electrons. The van der Waals surface area contributed by atoms with Crippen molar-refractivity contribution in [3.05, 3.63) is 53.9 Å². The van der Waals surface area contributed by atoms with Crippen molar-refractivity contribution in [2.24, 2.45) is 0 Å². The summed E-state index contributed by atoms with van der Waals surface area (Å²) in [6, 6.07) is 7.72. The molecule has 1 N–H and O–H groups in total. The molecule has 0 unspecified atom stereocenters. The molecule has 1 amide bonds. The number of hydrogen-bond donors (Lipinski definition) is 0. The maximum Gasteiger partial charge on any atom is 0.271 e. The molecule has 0 aliphatic heterocycles. The highest BCUT2D eigenvalue weighted by Gasteiger charge is 2.17. The Morgan fingerprint density at radius 1 is 1.17 bits per heavy atom. The van der Waals surface area contributed by atoms with Crippen LogP contribution in [0.2, 0.25) is 0 Å². The third-order valence-corrected chi connectivity index (χ3v) is 4.18. The van der Waals surface area contributed by atoms with Gasteiger partial charge in [-0.2, -0.15) is 0 Å². The summed E-state index contributed by atoms with van der Waals surface area (Å²) in [6.07, 6.45) is 2.40. The standard InChI is InChI=1S/C12H11N2O3S/c1-9-2-4-11(5-3-9)18(16,17)14-7-6-10(8-14)12(13)15/h2-8,13H,1H3. The number of aromatic nitrogens is 1. The molecule has 1 aromatic heterocycles. The van der Waals surface area contributed by atoms with Crippen LogP contribution in [-0.2, 0) is 10.0 Å². The fourth-order valence-electron chi connectivity index (χ4n) is 1.49. The molecule has 6 heteroatoms. The zero-order valence-electron chi connectivity index (χ0n) is 9.62. The van der Waals surface area contributed by atoms with Crippen LogP contribution in [0.1, 0.15) is 15.9 Å². The molecular formula is C12H11N2O3S. The first-order chi connectivity index (χ1) is 8.41. The summed E-state index contributed by atoms with van der Waals surface area (Å²) in [4.78, 5) is 11.0. The fraction of sp³-hybridized carbons (Fsp3) is 0.0833. The maximum absolute atomic E-state index is 12.2. The molecule has 0 aliphatic rings. The van der Waals surface area contributed by atoms with Crippen molar-refractivity contribution in [3.8, 4) is 0 Å². The summed E-state index contributed by atoms with van der Waals surface area (Å²) in [7, 11) is -3.69. The van der Waals surface area contributed by atoms with Gasteiger partial charge >= 0.3 is 0 Å². The van der Waals surface area contributed by atoms with E-state index in [2.05, 4.69) is 0 Å². The van der Waals surface area contributed by atoms with Gasteiger partial charge < -0.3 is 0 Å². The average Bonchev–Trinajstić information content (AvgIpc) is 2.79. The molecule has 5 nitrogen and oxygen atoms in total. The second kappa shape index (κ2) is 4.30. The van der Waals surface area contributed by atoms with E-state index in [1.807, 2.05) is 6.92 Å². The predicted molar refractivity (Wildman–Crippen MR) is 65.6 cm³/mol. The van der Waals surface area contributed by atoms with Crippen LogP contribution in [0.25, 0.3) is 0 Å². The van der Waals surface area contributed by atoms with Gasteiger partial charge in [0.2, 0.25) is 0 Å². The number of nitrogens with zero attached hydrogens (tertiary/aromatic N) is 1. The Morgan fingerprint density at radius 2 is 1.78 bits per heavy atom. The minimum absolute atomic E-state index is 0.0469. The van der Waals surface area contributed by atoms with E-state index in [4.69, 9.17) is 5.73 Å². The van der Waals surface area contributed by atoms with Crippen LogP contribution in [-0.4, -0.2) is 18.3 Å². The molecule has 18 heavy (non-hydrogen) atoms. The fourth-order valence-corrected chi connectivity index (χ4v) is 2.69. The van der Waals surface area contributed by atoms with Gasteiger partial charge in [-0.15, -0.1) is 0 Å². The Hall–Kier alpha value is -2.08. The molecule has 2 aromatic rings. The maximum atomic E-state index is 12.2. The Bertz CT molecular complexity index is 684. The Balaban J connectivity index is 2.47. The zero-order valence-corrected chi connectivity index (χ0v) is 10.4. The van der Waals surface area contributed by atoms with Gasteiger partial charge in [-0.25, -0.2) is 12.4 Å². The molecule has 0 atom stereocenters. The van der Waals surface area contributed by atoms with E-state index in [-0.39, 0.29) is 10.5 Å². The molecule has 0 aliphatic carbocycles. The van der Waals surface area contributed by atoms with Crippen molar-refractivity contribution in [1.29, 1.82) is 0 Å². The van der Waals surface area contributed by atoms with Crippen LogP contribution in [0, 0.1) is 6.92 Å². The summed E-state index contributed by atoms with van der Waals surface area (Å²) < 4.78 is 25.3. The third kappa shape index (κ3) is 2.14. The lowest BCUT2D eigenvalue weighted by atomic mass is 10.2. The first-order valence-corrected chi connectivity index (χ1v) is 6.61. The number of amides is 1. The summed E-state index contributed by atoms with van der Waals surface area (Å²) in [5.41, 5.74) is 7.93. The summed E-state index contributed by atoms with van der Waals surface area (Å²) in [5, 5.41) is 0. The first-order valence-electron chi connectivity index (χ1n) is 5.17. The first kappa shape index (κ1) is 12.4. The van der Waals surface area contributed by atoms with Crippen LogP contribution in [0.5, 0.6) is 0 Å². The van der Waals surface area contributed by atoms with Gasteiger partial charge in [0.25, 0.3) is 15.9 Å². The van der Waals surface area contributed by atoms with Gasteiger partial charge in [-0.3, -0.25) is 10.5 Å². The van der Waals surface area contributed by atoms with E-state index in [0.29, 0.717) is 0 Å². The van der Waals surface area contributed by atoms with Crippen molar-refractivity contribution in [1.82, 2.24) is 9.71 Å². The average molecular weight is 263 g/mol. The number of nitrogens with one attached hydrogen (secondary N) is 1. The molecule has 0 fully saturated rings. The van der Waals surface area contributed by atoms with Crippen molar-refractivity contribution >= 4 is 15.9 Å². The highest BCUT2D eigenvalue weighted by molar-refractivity contribution is 7.90. The van der Waals surface area contributed by atoms with Crippen LogP contribution in [0.4, 0.5) is 0 Å². The highest BCUT2D eigenvalue weighted by Crippen LogP contribution is 2.15. The predicted octanol–water partition coefficient (Wildman–Crippen LogP) is 1.46. The van der Waals surface area contributed by atoms with Crippen LogP contribution >= 0.6 is 0 Å². The van der Waals surface area contributed by atoms with Crippen molar-refractivity contribution in [3.63, 3.8) is 0 Å². The van der Waals surface area contributed by atoms with E-state index in [9.17, 15) is 13.2 Å². The quantitative estimate of drug-likeness (QED) is 0.840. The van der Waals surface area contributed by atoms with Gasteiger partial charge in [-0.1, -0.05) is 17.7 Å². The number of aryl methyl sites for hydroxylation is 1. The minimum Gasteiger partial charge on any atom is -0.267 e. The molecule has 0 saturated heterocycles. The monoisotopic (exact) mass is 263 g/mol. The van der Waals surface area contributed by atoms with E-state index in [0.717, 1.165) is 15.7 Å². The van der Waals surface area contributed by atoms with Crippen LogP contribution in [0.3, 0.4) is 0 Å². The largest absolute Gasteiger partial charge is 0.271 e. The van der Waals surface area contributed by atoms with Gasteiger partial charge in [0.15, 0.2) is 0 Å². The number of hydrogen-bond acceptors (Lipinski definition) is 3.